The molecule has 2 nitrogen and oxygen atoms in total. The summed E-state index contributed by atoms with van der Waals surface area (Å²) in [5.74, 6) is 0. The molecule has 38 valence electrons. The third kappa shape index (κ3) is 0.585. The van der Waals surface area contributed by atoms with Gasteiger partial charge in [0, 0.05) is 6.20 Å². The molecule has 2 heteroatoms. The molecular weight excluding hydrogens is 88.1 g/mol. The lowest BCUT2D eigenvalue weighted by Crippen LogP contribution is -1.87. The van der Waals surface area contributed by atoms with Crippen molar-refractivity contribution in [3.63, 3.8) is 0 Å². The highest BCUT2D eigenvalue weighted by atomic mass is 15.2. The van der Waals surface area contributed by atoms with Crippen molar-refractivity contribution in [1.82, 2.24) is 9.78 Å². The predicted octanol–water partition coefficient (Wildman–Crippen LogP) is 0.831. The second kappa shape index (κ2) is 1.30. The Balaban J connectivity index is 3.12. The Hall–Kier alpha value is -0.920. The minimum atomic E-state index is 1.08. The fourth-order valence-electron chi connectivity index (χ4n) is 0.399. The molecule has 0 aliphatic heterocycles. The zero-order valence-corrected chi connectivity index (χ0v) is 4.26. The van der Waals surface area contributed by atoms with E-state index in [0.29, 0.717) is 0 Å². The van der Waals surface area contributed by atoms with Gasteiger partial charge in [0.15, 0.2) is 0 Å². The molecule has 1 aromatic rings. The Bertz CT molecular complexity index is 138. The number of hydrogen-bond acceptors (Lipinski definition) is 1. The van der Waals surface area contributed by atoms with Crippen LogP contribution in [0.1, 0.15) is 5.69 Å². The Kier molecular flexibility index (Phi) is 0.785. The van der Waals surface area contributed by atoms with Gasteiger partial charge in [-0.3, -0.25) is 0 Å². The molecule has 1 heterocycles. The van der Waals surface area contributed by atoms with Crippen LogP contribution in [0.25, 0.3) is 0 Å². The van der Waals surface area contributed by atoms with Gasteiger partial charge in [-0.15, -0.1) is 11.8 Å². The molecule has 0 N–H and O–H groups in total. The SMILES string of the molecule is [CH2-]n1nccc1C. The van der Waals surface area contributed by atoms with E-state index in [4.69, 9.17) is 0 Å². The Morgan fingerprint density at radius 3 is 2.71 bits per heavy atom. The highest BCUT2D eigenvalue weighted by Crippen LogP contribution is 1.89. The zero-order chi connectivity index (χ0) is 5.28. The van der Waals surface area contributed by atoms with Gasteiger partial charge < -0.3 is 4.68 Å². The van der Waals surface area contributed by atoms with Gasteiger partial charge >= 0.3 is 0 Å². The molecule has 0 atom stereocenters. The van der Waals surface area contributed by atoms with Gasteiger partial charge in [0.25, 0.3) is 0 Å². The van der Waals surface area contributed by atoms with Crippen molar-refractivity contribution >= 4 is 0 Å². The van der Waals surface area contributed by atoms with Crippen LogP contribution in [0.3, 0.4) is 0 Å². The van der Waals surface area contributed by atoms with Crippen molar-refractivity contribution in [2.24, 2.45) is 0 Å². The molecule has 0 radical (unpaired) electrons. The van der Waals surface area contributed by atoms with E-state index in [9.17, 15) is 0 Å². The smallest absolute Gasteiger partial charge is 0.0284 e. The molecule has 7 heavy (non-hydrogen) atoms. The van der Waals surface area contributed by atoms with Crippen LogP contribution in [-0.4, -0.2) is 9.78 Å². The molecule has 1 rings (SSSR count). The molecule has 0 fully saturated rings. The molecular formula is C5H7N2-. The summed E-state index contributed by atoms with van der Waals surface area (Å²) in [4.78, 5) is 0. The molecule has 0 saturated heterocycles. The second-order valence-corrected chi connectivity index (χ2v) is 1.47. The van der Waals surface area contributed by atoms with Gasteiger partial charge in [0.1, 0.15) is 0 Å². The summed E-state index contributed by atoms with van der Waals surface area (Å²) < 4.78 is 1.58. The zero-order valence-electron chi connectivity index (χ0n) is 4.26. The molecule has 0 aliphatic rings. The molecule has 0 amide bonds. The van der Waals surface area contributed by atoms with Gasteiger partial charge in [0.05, 0.1) is 0 Å². The van der Waals surface area contributed by atoms with Gasteiger partial charge in [-0.25, -0.2) is 5.10 Å². The quantitative estimate of drug-likeness (QED) is 0.436. The topological polar surface area (TPSA) is 17.8 Å². The molecule has 0 aliphatic carbocycles. The van der Waals surface area contributed by atoms with Crippen molar-refractivity contribution in [3.05, 3.63) is 25.0 Å². The summed E-state index contributed by atoms with van der Waals surface area (Å²) >= 11 is 0. The molecule has 0 aromatic carbocycles. The fourth-order valence-corrected chi connectivity index (χ4v) is 0.399. The van der Waals surface area contributed by atoms with E-state index in [2.05, 4.69) is 12.1 Å². The number of nitrogens with zero attached hydrogens (tertiary/aromatic N) is 2. The predicted molar refractivity (Wildman–Crippen MR) is 27.7 cm³/mol. The van der Waals surface area contributed by atoms with Crippen LogP contribution in [0, 0.1) is 14.0 Å². The average molecular weight is 95.1 g/mol. The normalized spacial score (nSPS) is 9.29. The van der Waals surface area contributed by atoms with Crippen LogP contribution in [-0.2, 0) is 0 Å². The van der Waals surface area contributed by atoms with Crippen molar-refractivity contribution < 1.29 is 0 Å². The summed E-state index contributed by atoms with van der Waals surface area (Å²) in [5.41, 5.74) is 1.08. The number of aryl methyl sites for hydroxylation is 1. The summed E-state index contributed by atoms with van der Waals surface area (Å²) in [5, 5.41) is 3.82. The highest BCUT2D eigenvalue weighted by molar-refractivity contribution is 4.96. The lowest BCUT2D eigenvalue weighted by atomic mass is 10.5. The van der Waals surface area contributed by atoms with E-state index >= 15 is 0 Å². The summed E-state index contributed by atoms with van der Waals surface area (Å²) in [6.07, 6.45) is 1.72. The van der Waals surface area contributed by atoms with Crippen molar-refractivity contribution in [3.8, 4) is 0 Å². The van der Waals surface area contributed by atoms with Crippen LogP contribution in [0.4, 0.5) is 0 Å². The molecule has 0 unspecified atom stereocenters. The largest absolute Gasteiger partial charge is 0.406 e. The maximum absolute atomic E-state index is 3.82. The maximum Gasteiger partial charge on any atom is 0.0284 e. The summed E-state index contributed by atoms with van der Waals surface area (Å²) in [6, 6.07) is 1.91. The first kappa shape index (κ1) is 4.24. The van der Waals surface area contributed by atoms with Crippen molar-refractivity contribution in [2.45, 2.75) is 6.92 Å². The van der Waals surface area contributed by atoms with E-state index in [1.807, 2.05) is 13.0 Å². The standard InChI is InChI=1S/C5H7N2/c1-5-3-4-6-7(5)2/h3-4H,2H2,1H3/q-1. The van der Waals surface area contributed by atoms with Gasteiger partial charge in [0.2, 0.25) is 0 Å². The van der Waals surface area contributed by atoms with Crippen molar-refractivity contribution in [1.29, 1.82) is 0 Å². The monoisotopic (exact) mass is 95.1 g/mol. The lowest BCUT2D eigenvalue weighted by Gasteiger charge is -1.99. The third-order valence-electron chi connectivity index (χ3n) is 0.929. The maximum atomic E-state index is 3.82. The number of rotatable bonds is 0. The molecule has 0 saturated carbocycles. The van der Waals surface area contributed by atoms with E-state index in [0.717, 1.165) is 5.69 Å². The molecule has 1 aromatic heterocycles. The third-order valence-corrected chi connectivity index (χ3v) is 0.929. The van der Waals surface area contributed by atoms with E-state index in [-0.39, 0.29) is 0 Å². The fraction of sp³-hybridized carbons (Fsp3) is 0.200. The average Bonchev–Trinajstić information content (AvgIpc) is 1.91. The first-order valence-corrected chi connectivity index (χ1v) is 2.12. The van der Waals surface area contributed by atoms with Gasteiger partial charge in [-0.05, 0) is 0 Å². The summed E-state index contributed by atoms with van der Waals surface area (Å²) in [6.45, 7) is 1.96. The highest BCUT2D eigenvalue weighted by Gasteiger charge is 1.73. The number of hydrogen-bond donors (Lipinski definition) is 0. The van der Waals surface area contributed by atoms with Gasteiger partial charge in [-0.2, -0.15) is 7.05 Å². The van der Waals surface area contributed by atoms with Crippen LogP contribution >= 0.6 is 0 Å². The molecule has 0 bridgehead atoms. The Morgan fingerprint density at radius 1 is 1.86 bits per heavy atom. The van der Waals surface area contributed by atoms with Gasteiger partial charge in [-0.1, -0.05) is 6.92 Å². The van der Waals surface area contributed by atoms with Crippen LogP contribution in [0.2, 0.25) is 0 Å². The van der Waals surface area contributed by atoms with Crippen LogP contribution in [0.5, 0.6) is 0 Å². The van der Waals surface area contributed by atoms with E-state index in [1.54, 1.807) is 10.9 Å². The Morgan fingerprint density at radius 2 is 2.57 bits per heavy atom. The minimum Gasteiger partial charge on any atom is -0.406 e. The first-order chi connectivity index (χ1) is 3.30. The van der Waals surface area contributed by atoms with E-state index < -0.39 is 0 Å². The van der Waals surface area contributed by atoms with Crippen LogP contribution < -0.4 is 0 Å². The van der Waals surface area contributed by atoms with Crippen LogP contribution in [0.15, 0.2) is 12.3 Å². The summed E-state index contributed by atoms with van der Waals surface area (Å²) in [7, 11) is 3.59. The van der Waals surface area contributed by atoms with Crippen molar-refractivity contribution in [2.75, 3.05) is 0 Å². The number of aromatic nitrogens is 2. The Labute approximate surface area is 42.8 Å². The lowest BCUT2D eigenvalue weighted by molar-refractivity contribution is 0.843. The van der Waals surface area contributed by atoms with E-state index in [1.165, 1.54) is 0 Å². The second-order valence-electron chi connectivity index (χ2n) is 1.47. The first-order valence-electron chi connectivity index (χ1n) is 2.12. The molecule has 0 spiro atoms. The minimum absolute atomic E-state index is 1.08.